The minimum absolute atomic E-state index is 0.154. The summed E-state index contributed by atoms with van der Waals surface area (Å²) in [5.41, 5.74) is 2.41. The fraction of sp³-hybridized carbons (Fsp3) is 0.300. The molecule has 0 radical (unpaired) electrons. The van der Waals surface area contributed by atoms with Crippen LogP contribution in [0.15, 0.2) is 42.5 Å². The first-order valence-electron chi connectivity index (χ1n) is 8.88. The van der Waals surface area contributed by atoms with Gasteiger partial charge in [-0.05, 0) is 48.8 Å². The SMILES string of the molecule is CSCCC(NC(=O)c1ccc2c(c1)OCCO2)c1nc2ccccc2[nH]1. The number of H-pyrrole nitrogens is 1. The standard InChI is InChI=1S/C20H21N3O3S/c1-27-11-8-16(19-21-14-4-2-3-5-15(14)22-19)23-20(24)13-6-7-17-18(12-13)26-10-9-25-17/h2-7,12,16H,8-11H2,1H3,(H,21,22)(H,23,24). The number of fused-ring (bicyclic) bond motifs is 2. The van der Waals surface area contributed by atoms with Gasteiger partial charge in [0.15, 0.2) is 11.5 Å². The zero-order chi connectivity index (χ0) is 18.6. The summed E-state index contributed by atoms with van der Waals surface area (Å²) < 4.78 is 11.1. The third-order valence-electron chi connectivity index (χ3n) is 4.46. The van der Waals surface area contributed by atoms with Gasteiger partial charge in [0.05, 0.1) is 17.1 Å². The Morgan fingerprint density at radius 2 is 2.04 bits per heavy atom. The molecule has 1 unspecified atom stereocenters. The Hall–Kier alpha value is -2.67. The van der Waals surface area contributed by atoms with Gasteiger partial charge in [0.1, 0.15) is 19.0 Å². The molecule has 1 aliphatic heterocycles. The van der Waals surface area contributed by atoms with E-state index in [2.05, 4.69) is 21.5 Å². The summed E-state index contributed by atoms with van der Waals surface area (Å²) in [6, 6.07) is 12.9. The van der Waals surface area contributed by atoms with E-state index in [9.17, 15) is 4.79 Å². The van der Waals surface area contributed by atoms with E-state index >= 15 is 0 Å². The van der Waals surface area contributed by atoms with Gasteiger partial charge in [-0.25, -0.2) is 4.98 Å². The smallest absolute Gasteiger partial charge is 0.252 e. The molecule has 1 amide bonds. The second-order valence-corrected chi connectivity index (χ2v) is 7.29. The van der Waals surface area contributed by atoms with Crippen molar-refractivity contribution in [3.05, 3.63) is 53.9 Å². The van der Waals surface area contributed by atoms with Gasteiger partial charge in [0.25, 0.3) is 5.91 Å². The Labute approximate surface area is 161 Å². The first-order valence-corrected chi connectivity index (χ1v) is 10.3. The van der Waals surface area contributed by atoms with Crippen molar-refractivity contribution in [3.8, 4) is 11.5 Å². The molecule has 1 aliphatic rings. The van der Waals surface area contributed by atoms with Crippen molar-refractivity contribution in [2.75, 3.05) is 25.2 Å². The molecule has 1 atom stereocenters. The molecule has 27 heavy (non-hydrogen) atoms. The van der Waals surface area contributed by atoms with Gasteiger partial charge in [0.2, 0.25) is 0 Å². The van der Waals surface area contributed by atoms with E-state index in [1.165, 1.54) is 0 Å². The average Bonchev–Trinajstić information content (AvgIpc) is 3.14. The highest BCUT2D eigenvalue weighted by Gasteiger charge is 2.21. The van der Waals surface area contributed by atoms with Crippen LogP contribution in [0.4, 0.5) is 0 Å². The van der Waals surface area contributed by atoms with Crippen LogP contribution >= 0.6 is 11.8 Å². The number of para-hydroxylation sites is 2. The lowest BCUT2D eigenvalue weighted by atomic mass is 10.1. The lowest BCUT2D eigenvalue weighted by Crippen LogP contribution is -2.30. The summed E-state index contributed by atoms with van der Waals surface area (Å²) in [5.74, 6) is 2.82. The summed E-state index contributed by atoms with van der Waals surface area (Å²) in [7, 11) is 0. The van der Waals surface area contributed by atoms with Crippen molar-refractivity contribution in [3.63, 3.8) is 0 Å². The number of aromatic nitrogens is 2. The summed E-state index contributed by atoms with van der Waals surface area (Å²) in [6.07, 6.45) is 2.84. The number of carbonyl (C=O) groups is 1. The van der Waals surface area contributed by atoms with Gasteiger partial charge in [-0.1, -0.05) is 12.1 Å². The highest BCUT2D eigenvalue weighted by molar-refractivity contribution is 7.98. The van der Waals surface area contributed by atoms with Crippen molar-refractivity contribution in [2.45, 2.75) is 12.5 Å². The quantitative estimate of drug-likeness (QED) is 0.681. The fourth-order valence-corrected chi connectivity index (χ4v) is 3.55. The van der Waals surface area contributed by atoms with Gasteiger partial charge in [-0.2, -0.15) is 11.8 Å². The largest absolute Gasteiger partial charge is 0.486 e. The van der Waals surface area contributed by atoms with Crippen LogP contribution in [0.2, 0.25) is 0 Å². The molecule has 140 valence electrons. The van der Waals surface area contributed by atoms with Crippen LogP contribution < -0.4 is 14.8 Å². The maximum absolute atomic E-state index is 12.8. The predicted octanol–water partition coefficient (Wildman–Crippen LogP) is 3.56. The molecule has 0 saturated carbocycles. The van der Waals surface area contributed by atoms with E-state index in [-0.39, 0.29) is 11.9 Å². The number of ether oxygens (including phenoxy) is 2. The molecule has 0 fully saturated rings. The molecule has 7 heteroatoms. The molecule has 6 nitrogen and oxygen atoms in total. The molecule has 0 saturated heterocycles. The third-order valence-corrected chi connectivity index (χ3v) is 5.10. The Morgan fingerprint density at radius 3 is 2.85 bits per heavy atom. The van der Waals surface area contributed by atoms with Crippen molar-refractivity contribution < 1.29 is 14.3 Å². The molecule has 1 aromatic heterocycles. The molecule has 2 aromatic carbocycles. The van der Waals surface area contributed by atoms with Crippen molar-refractivity contribution in [2.24, 2.45) is 0 Å². The number of carbonyl (C=O) groups excluding carboxylic acids is 1. The number of hydrogen-bond acceptors (Lipinski definition) is 5. The van der Waals surface area contributed by atoms with Crippen LogP contribution in [0, 0.1) is 0 Å². The highest BCUT2D eigenvalue weighted by Crippen LogP contribution is 2.31. The lowest BCUT2D eigenvalue weighted by molar-refractivity contribution is 0.0933. The Morgan fingerprint density at radius 1 is 1.22 bits per heavy atom. The summed E-state index contributed by atoms with van der Waals surface area (Å²) in [6.45, 7) is 1.02. The Balaban J connectivity index is 1.56. The number of imidazole rings is 1. The van der Waals surface area contributed by atoms with Crippen LogP contribution in [0.3, 0.4) is 0 Å². The molecule has 0 spiro atoms. The molecule has 2 heterocycles. The molecular weight excluding hydrogens is 362 g/mol. The first-order chi connectivity index (χ1) is 13.2. The van der Waals surface area contributed by atoms with E-state index in [0.29, 0.717) is 30.3 Å². The van der Waals surface area contributed by atoms with Crippen molar-refractivity contribution in [1.29, 1.82) is 0 Å². The normalized spacial score (nSPS) is 14.1. The number of nitrogens with one attached hydrogen (secondary N) is 2. The number of benzene rings is 2. The highest BCUT2D eigenvalue weighted by atomic mass is 32.2. The number of hydrogen-bond donors (Lipinski definition) is 2. The minimum atomic E-state index is -0.189. The maximum atomic E-state index is 12.8. The summed E-state index contributed by atoms with van der Waals surface area (Å²) in [4.78, 5) is 20.8. The summed E-state index contributed by atoms with van der Waals surface area (Å²) in [5, 5.41) is 3.11. The minimum Gasteiger partial charge on any atom is -0.486 e. The predicted molar refractivity (Wildman–Crippen MR) is 107 cm³/mol. The number of thioether (sulfide) groups is 1. The average molecular weight is 383 g/mol. The van der Waals surface area contributed by atoms with E-state index in [1.807, 2.05) is 24.3 Å². The Bertz CT molecular complexity index is 924. The van der Waals surface area contributed by atoms with E-state index in [0.717, 1.165) is 29.0 Å². The molecule has 0 bridgehead atoms. The monoisotopic (exact) mass is 383 g/mol. The zero-order valence-electron chi connectivity index (χ0n) is 15.0. The van der Waals surface area contributed by atoms with E-state index in [1.54, 1.807) is 30.0 Å². The second-order valence-electron chi connectivity index (χ2n) is 6.31. The first kappa shape index (κ1) is 17.7. The fourth-order valence-electron chi connectivity index (χ4n) is 3.08. The maximum Gasteiger partial charge on any atom is 0.252 e. The van der Waals surface area contributed by atoms with Crippen molar-refractivity contribution >= 4 is 28.7 Å². The molecular formula is C20H21N3O3S. The van der Waals surface area contributed by atoms with E-state index in [4.69, 9.17) is 9.47 Å². The van der Waals surface area contributed by atoms with Crippen LogP contribution in [-0.4, -0.2) is 41.1 Å². The zero-order valence-corrected chi connectivity index (χ0v) is 15.8. The van der Waals surface area contributed by atoms with Gasteiger partial charge in [-0.3, -0.25) is 4.79 Å². The lowest BCUT2D eigenvalue weighted by Gasteiger charge is -2.20. The number of amides is 1. The van der Waals surface area contributed by atoms with Gasteiger partial charge < -0.3 is 19.8 Å². The molecule has 3 aromatic rings. The molecule has 0 aliphatic carbocycles. The number of rotatable bonds is 6. The summed E-state index contributed by atoms with van der Waals surface area (Å²) >= 11 is 1.74. The van der Waals surface area contributed by atoms with Crippen LogP contribution in [-0.2, 0) is 0 Å². The molecule has 2 N–H and O–H groups in total. The second kappa shape index (κ2) is 7.92. The Kier molecular flexibility index (Phi) is 5.20. The van der Waals surface area contributed by atoms with Gasteiger partial charge >= 0.3 is 0 Å². The van der Waals surface area contributed by atoms with Crippen LogP contribution in [0.25, 0.3) is 11.0 Å². The van der Waals surface area contributed by atoms with Gasteiger partial charge in [0, 0.05) is 5.56 Å². The van der Waals surface area contributed by atoms with Crippen LogP contribution in [0.5, 0.6) is 11.5 Å². The van der Waals surface area contributed by atoms with Crippen LogP contribution in [0.1, 0.15) is 28.6 Å². The van der Waals surface area contributed by atoms with Gasteiger partial charge in [-0.15, -0.1) is 0 Å². The van der Waals surface area contributed by atoms with E-state index < -0.39 is 0 Å². The molecule has 4 rings (SSSR count). The van der Waals surface area contributed by atoms with Crippen molar-refractivity contribution in [1.82, 2.24) is 15.3 Å². The number of aromatic amines is 1. The third kappa shape index (κ3) is 3.88. The number of nitrogens with zero attached hydrogens (tertiary/aromatic N) is 1. The topological polar surface area (TPSA) is 76.2 Å².